The summed E-state index contributed by atoms with van der Waals surface area (Å²) in [6.45, 7) is 1.61. The Hall–Kier alpha value is -1.73. The van der Waals surface area contributed by atoms with E-state index < -0.39 is 6.09 Å². The third-order valence-electron chi connectivity index (χ3n) is 3.44. The fraction of sp³-hybridized carbons (Fsp3) is 0.429. The standard InChI is InChI=1S/C14H18FN3O2S/c15-10-1-3-12(4-2-10)17-13(21)9-16-11-5-7-18(8-6-11)14(19)20/h1-4,11,16H,5-9H2,(H,17,21)(H,19,20). The molecule has 1 heterocycles. The number of hydrogen-bond donors (Lipinski definition) is 3. The van der Waals surface area contributed by atoms with Crippen molar-refractivity contribution in [1.82, 2.24) is 10.2 Å². The maximum absolute atomic E-state index is 12.8. The van der Waals surface area contributed by atoms with Crippen LogP contribution in [0.5, 0.6) is 0 Å². The van der Waals surface area contributed by atoms with Crippen molar-refractivity contribution in [3.63, 3.8) is 0 Å². The Morgan fingerprint density at radius 2 is 1.95 bits per heavy atom. The Balaban J connectivity index is 1.70. The number of carboxylic acid groups (broad SMARTS) is 1. The summed E-state index contributed by atoms with van der Waals surface area (Å²) in [5.74, 6) is -0.283. The summed E-state index contributed by atoms with van der Waals surface area (Å²) in [5.41, 5.74) is 0.754. The maximum Gasteiger partial charge on any atom is 0.407 e. The van der Waals surface area contributed by atoms with Crippen LogP contribution in [-0.4, -0.2) is 46.8 Å². The average Bonchev–Trinajstić information content (AvgIpc) is 2.48. The van der Waals surface area contributed by atoms with Crippen LogP contribution in [0.2, 0.25) is 0 Å². The van der Waals surface area contributed by atoms with Gasteiger partial charge in [-0.15, -0.1) is 0 Å². The highest BCUT2D eigenvalue weighted by molar-refractivity contribution is 7.80. The second-order valence-corrected chi connectivity index (χ2v) is 5.47. The molecule has 7 heteroatoms. The van der Waals surface area contributed by atoms with Crippen molar-refractivity contribution in [2.45, 2.75) is 18.9 Å². The molecule has 2 rings (SSSR count). The largest absolute Gasteiger partial charge is 0.465 e. The van der Waals surface area contributed by atoms with Crippen molar-refractivity contribution < 1.29 is 14.3 Å². The number of benzene rings is 1. The van der Waals surface area contributed by atoms with Gasteiger partial charge in [0.1, 0.15) is 5.82 Å². The van der Waals surface area contributed by atoms with Crippen LogP contribution in [0.1, 0.15) is 12.8 Å². The first-order chi connectivity index (χ1) is 10.0. The lowest BCUT2D eigenvalue weighted by Crippen LogP contribution is -2.46. The molecule has 0 radical (unpaired) electrons. The van der Waals surface area contributed by atoms with Gasteiger partial charge >= 0.3 is 6.09 Å². The van der Waals surface area contributed by atoms with Crippen molar-refractivity contribution in [1.29, 1.82) is 0 Å². The molecule has 0 unspecified atom stereocenters. The zero-order valence-corrected chi connectivity index (χ0v) is 12.3. The normalized spacial score (nSPS) is 15.8. The van der Waals surface area contributed by atoms with Crippen molar-refractivity contribution >= 4 is 29.0 Å². The summed E-state index contributed by atoms with van der Waals surface area (Å²) in [6, 6.07) is 6.29. The van der Waals surface area contributed by atoms with Crippen molar-refractivity contribution in [2.24, 2.45) is 0 Å². The summed E-state index contributed by atoms with van der Waals surface area (Å²) < 4.78 is 12.8. The van der Waals surface area contributed by atoms with E-state index in [1.807, 2.05) is 0 Å². The second-order valence-electron chi connectivity index (χ2n) is 4.98. The summed E-state index contributed by atoms with van der Waals surface area (Å²) in [7, 11) is 0. The second kappa shape index (κ2) is 7.33. The third-order valence-corrected chi connectivity index (χ3v) is 3.69. The molecular weight excluding hydrogens is 293 g/mol. The van der Waals surface area contributed by atoms with Gasteiger partial charge in [-0.3, -0.25) is 0 Å². The van der Waals surface area contributed by atoms with Gasteiger partial charge < -0.3 is 20.6 Å². The Labute approximate surface area is 128 Å². The molecule has 0 aliphatic carbocycles. The fourth-order valence-corrected chi connectivity index (χ4v) is 2.45. The zero-order chi connectivity index (χ0) is 15.2. The molecule has 1 fully saturated rings. The number of likely N-dealkylation sites (tertiary alicyclic amines) is 1. The zero-order valence-electron chi connectivity index (χ0n) is 11.5. The van der Waals surface area contributed by atoms with Gasteiger partial charge in [0.05, 0.1) is 4.99 Å². The Morgan fingerprint density at radius 3 is 2.52 bits per heavy atom. The van der Waals surface area contributed by atoms with E-state index >= 15 is 0 Å². The molecule has 0 atom stereocenters. The lowest BCUT2D eigenvalue weighted by Gasteiger charge is -2.30. The summed E-state index contributed by atoms with van der Waals surface area (Å²) in [6.07, 6.45) is 0.707. The number of piperidine rings is 1. The number of nitrogens with one attached hydrogen (secondary N) is 2. The van der Waals surface area contributed by atoms with Crippen molar-refractivity contribution in [3.8, 4) is 0 Å². The van der Waals surface area contributed by atoms with E-state index in [2.05, 4.69) is 10.6 Å². The molecule has 1 aromatic carbocycles. The Bertz CT molecular complexity index is 501. The lowest BCUT2D eigenvalue weighted by atomic mass is 10.1. The molecule has 1 aromatic rings. The molecule has 1 aliphatic rings. The molecule has 0 saturated carbocycles. The van der Waals surface area contributed by atoms with E-state index in [4.69, 9.17) is 17.3 Å². The minimum Gasteiger partial charge on any atom is -0.465 e. The van der Waals surface area contributed by atoms with Gasteiger partial charge in [-0.05, 0) is 37.1 Å². The lowest BCUT2D eigenvalue weighted by molar-refractivity contribution is 0.129. The molecule has 0 spiro atoms. The third kappa shape index (κ3) is 4.95. The Kier molecular flexibility index (Phi) is 5.46. The number of hydrogen-bond acceptors (Lipinski definition) is 3. The monoisotopic (exact) mass is 311 g/mol. The Morgan fingerprint density at radius 1 is 1.33 bits per heavy atom. The van der Waals surface area contributed by atoms with Gasteiger partial charge in [0.2, 0.25) is 0 Å². The minimum absolute atomic E-state index is 0.272. The van der Waals surface area contributed by atoms with E-state index in [1.165, 1.54) is 17.0 Å². The van der Waals surface area contributed by atoms with Gasteiger partial charge in [-0.25, -0.2) is 9.18 Å². The fourth-order valence-electron chi connectivity index (χ4n) is 2.25. The van der Waals surface area contributed by atoms with Crippen LogP contribution >= 0.6 is 12.2 Å². The van der Waals surface area contributed by atoms with Crippen LogP contribution in [-0.2, 0) is 0 Å². The summed E-state index contributed by atoms with van der Waals surface area (Å²) in [4.78, 5) is 12.9. The van der Waals surface area contributed by atoms with Crippen LogP contribution in [0, 0.1) is 5.82 Å². The highest BCUT2D eigenvalue weighted by Gasteiger charge is 2.21. The predicted molar refractivity (Wildman–Crippen MR) is 83.2 cm³/mol. The SMILES string of the molecule is O=C(O)N1CCC(NCC(=S)Nc2ccc(F)cc2)CC1. The van der Waals surface area contributed by atoms with Crippen molar-refractivity contribution in [2.75, 3.05) is 25.0 Å². The van der Waals surface area contributed by atoms with Crippen LogP contribution in [0.4, 0.5) is 14.9 Å². The van der Waals surface area contributed by atoms with E-state index in [-0.39, 0.29) is 11.9 Å². The van der Waals surface area contributed by atoms with Crippen LogP contribution in [0.25, 0.3) is 0 Å². The predicted octanol–water partition coefficient (Wildman–Crippen LogP) is 2.30. The first-order valence-electron chi connectivity index (χ1n) is 6.81. The first kappa shape index (κ1) is 15.7. The highest BCUT2D eigenvalue weighted by Crippen LogP contribution is 2.11. The van der Waals surface area contributed by atoms with E-state index in [0.717, 1.165) is 18.5 Å². The molecule has 0 aromatic heterocycles. The molecule has 114 valence electrons. The molecule has 21 heavy (non-hydrogen) atoms. The smallest absolute Gasteiger partial charge is 0.407 e. The molecule has 5 nitrogen and oxygen atoms in total. The summed E-state index contributed by atoms with van der Waals surface area (Å²) in [5, 5.41) is 15.2. The van der Waals surface area contributed by atoms with E-state index in [0.29, 0.717) is 24.6 Å². The molecule has 1 saturated heterocycles. The van der Waals surface area contributed by atoms with Gasteiger partial charge in [-0.1, -0.05) is 12.2 Å². The number of rotatable bonds is 4. The van der Waals surface area contributed by atoms with Crippen LogP contribution in [0.15, 0.2) is 24.3 Å². The molecule has 3 N–H and O–H groups in total. The maximum atomic E-state index is 12.8. The molecule has 0 bridgehead atoms. The van der Waals surface area contributed by atoms with E-state index in [1.54, 1.807) is 12.1 Å². The number of amides is 1. The number of thiocarbonyl (C=S) groups is 1. The quantitative estimate of drug-likeness (QED) is 0.745. The summed E-state index contributed by atoms with van der Waals surface area (Å²) >= 11 is 5.23. The molecular formula is C14H18FN3O2S. The van der Waals surface area contributed by atoms with Crippen LogP contribution < -0.4 is 10.6 Å². The number of anilines is 1. The average molecular weight is 311 g/mol. The number of carbonyl (C=O) groups is 1. The number of halogens is 1. The minimum atomic E-state index is -0.859. The van der Waals surface area contributed by atoms with Gasteiger partial charge in [0, 0.05) is 31.4 Å². The topological polar surface area (TPSA) is 64.6 Å². The van der Waals surface area contributed by atoms with Gasteiger partial charge in [-0.2, -0.15) is 0 Å². The van der Waals surface area contributed by atoms with Crippen molar-refractivity contribution in [3.05, 3.63) is 30.1 Å². The number of nitrogens with zero attached hydrogens (tertiary/aromatic N) is 1. The molecule has 1 aliphatic heterocycles. The van der Waals surface area contributed by atoms with E-state index in [9.17, 15) is 9.18 Å². The first-order valence-corrected chi connectivity index (χ1v) is 7.22. The van der Waals surface area contributed by atoms with Gasteiger partial charge in [0.25, 0.3) is 0 Å². The highest BCUT2D eigenvalue weighted by atomic mass is 32.1. The van der Waals surface area contributed by atoms with Gasteiger partial charge in [0.15, 0.2) is 0 Å². The molecule has 1 amide bonds. The van der Waals surface area contributed by atoms with Crippen LogP contribution in [0.3, 0.4) is 0 Å².